The van der Waals surface area contributed by atoms with Gasteiger partial charge in [0.1, 0.15) is 0 Å². The Balaban J connectivity index is 2.00. The highest BCUT2D eigenvalue weighted by Gasteiger charge is 2.13. The third-order valence-electron chi connectivity index (χ3n) is 2.26. The van der Waals surface area contributed by atoms with Crippen molar-refractivity contribution in [3.05, 3.63) is 22.7 Å². The smallest absolute Gasteiger partial charge is 0.239 e. The number of nitrogens with zero attached hydrogens (tertiary/aromatic N) is 1. The van der Waals surface area contributed by atoms with Crippen LogP contribution in [0, 0.1) is 0 Å². The van der Waals surface area contributed by atoms with Gasteiger partial charge in [0.25, 0.3) is 0 Å². The molecular formula is C13H16BrN3OS. The Labute approximate surface area is 124 Å². The molecule has 2 rings (SSSR count). The Morgan fingerprint density at radius 3 is 2.84 bits per heavy atom. The SMILES string of the molecule is CC(C)(C)NC(=O)CNc1nc2cc(Br)ccc2s1. The van der Waals surface area contributed by atoms with Gasteiger partial charge in [-0.25, -0.2) is 4.98 Å². The zero-order valence-electron chi connectivity index (χ0n) is 11.1. The molecule has 0 spiro atoms. The lowest BCUT2D eigenvalue weighted by Gasteiger charge is -2.20. The number of thiazole rings is 1. The summed E-state index contributed by atoms with van der Waals surface area (Å²) in [6.45, 7) is 6.11. The van der Waals surface area contributed by atoms with E-state index in [1.807, 2.05) is 39.0 Å². The summed E-state index contributed by atoms with van der Waals surface area (Å²) in [6, 6.07) is 5.96. The molecule has 6 heteroatoms. The number of hydrogen-bond acceptors (Lipinski definition) is 4. The molecule has 2 N–H and O–H groups in total. The van der Waals surface area contributed by atoms with E-state index in [1.165, 1.54) is 0 Å². The van der Waals surface area contributed by atoms with Crippen LogP contribution in [-0.2, 0) is 4.79 Å². The van der Waals surface area contributed by atoms with Crippen molar-refractivity contribution in [1.29, 1.82) is 0 Å². The maximum Gasteiger partial charge on any atom is 0.239 e. The van der Waals surface area contributed by atoms with E-state index in [4.69, 9.17) is 0 Å². The molecule has 0 radical (unpaired) electrons. The average molecular weight is 342 g/mol. The summed E-state index contributed by atoms with van der Waals surface area (Å²) in [5.74, 6) is -0.0343. The van der Waals surface area contributed by atoms with Crippen LogP contribution in [0.25, 0.3) is 10.2 Å². The molecule has 1 heterocycles. The van der Waals surface area contributed by atoms with Gasteiger partial charge in [-0.1, -0.05) is 27.3 Å². The zero-order chi connectivity index (χ0) is 14.0. The minimum Gasteiger partial charge on any atom is -0.352 e. The van der Waals surface area contributed by atoms with Gasteiger partial charge in [-0.2, -0.15) is 0 Å². The average Bonchev–Trinajstić information content (AvgIpc) is 2.66. The number of aromatic nitrogens is 1. The van der Waals surface area contributed by atoms with Crippen molar-refractivity contribution in [1.82, 2.24) is 10.3 Å². The number of anilines is 1. The second kappa shape index (κ2) is 5.46. The molecule has 4 nitrogen and oxygen atoms in total. The third-order valence-corrected chi connectivity index (χ3v) is 3.75. The number of rotatable bonds is 3. The Morgan fingerprint density at radius 2 is 2.16 bits per heavy atom. The Hall–Kier alpha value is -1.14. The first kappa shape index (κ1) is 14.3. The molecule has 0 aliphatic heterocycles. The molecule has 1 aromatic heterocycles. The first-order chi connectivity index (χ1) is 8.83. The summed E-state index contributed by atoms with van der Waals surface area (Å²) < 4.78 is 2.10. The number of halogens is 1. The van der Waals surface area contributed by atoms with Crippen LogP contribution >= 0.6 is 27.3 Å². The molecule has 0 saturated heterocycles. The molecule has 0 saturated carbocycles. The van der Waals surface area contributed by atoms with E-state index >= 15 is 0 Å². The molecule has 0 unspecified atom stereocenters. The summed E-state index contributed by atoms with van der Waals surface area (Å²) in [5.41, 5.74) is 0.718. The monoisotopic (exact) mass is 341 g/mol. The Morgan fingerprint density at radius 1 is 1.42 bits per heavy atom. The molecule has 2 aromatic rings. The van der Waals surface area contributed by atoms with Gasteiger partial charge in [0.2, 0.25) is 5.91 Å². The fourth-order valence-corrected chi connectivity index (χ4v) is 2.79. The van der Waals surface area contributed by atoms with E-state index < -0.39 is 0 Å². The highest BCUT2D eigenvalue weighted by Crippen LogP contribution is 2.27. The molecule has 0 aliphatic rings. The second-order valence-electron chi connectivity index (χ2n) is 5.28. The van der Waals surface area contributed by atoms with Gasteiger partial charge < -0.3 is 10.6 Å². The second-order valence-corrected chi connectivity index (χ2v) is 7.23. The van der Waals surface area contributed by atoms with E-state index in [1.54, 1.807) is 11.3 Å². The minimum atomic E-state index is -0.211. The van der Waals surface area contributed by atoms with Gasteiger partial charge >= 0.3 is 0 Å². The molecule has 0 bridgehead atoms. The predicted octanol–water partition coefficient (Wildman–Crippen LogP) is 3.39. The third kappa shape index (κ3) is 4.18. The highest BCUT2D eigenvalue weighted by molar-refractivity contribution is 9.10. The van der Waals surface area contributed by atoms with Crippen LogP contribution < -0.4 is 10.6 Å². The van der Waals surface area contributed by atoms with Gasteiger partial charge in [-0.3, -0.25) is 4.79 Å². The largest absolute Gasteiger partial charge is 0.352 e. The number of amides is 1. The molecule has 0 aliphatic carbocycles. The molecule has 19 heavy (non-hydrogen) atoms. The number of nitrogens with one attached hydrogen (secondary N) is 2. The van der Waals surface area contributed by atoms with E-state index in [0.717, 1.165) is 19.8 Å². The predicted molar refractivity (Wildman–Crippen MR) is 83.7 cm³/mol. The molecule has 0 fully saturated rings. The van der Waals surface area contributed by atoms with Crippen LogP contribution in [0.2, 0.25) is 0 Å². The summed E-state index contributed by atoms with van der Waals surface area (Å²) in [5, 5.41) is 6.72. The van der Waals surface area contributed by atoms with Crippen molar-refractivity contribution >= 4 is 48.5 Å². The number of benzene rings is 1. The fourth-order valence-electron chi connectivity index (χ4n) is 1.59. The Bertz CT molecular complexity index is 603. The van der Waals surface area contributed by atoms with Crippen LogP contribution in [0.1, 0.15) is 20.8 Å². The van der Waals surface area contributed by atoms with E-state index in [0.29, 0.717) is 0 Å². The number of carbonyl (C=O) groups is 1. The van der Waals surface area contributed by atoms with Crippen molar-refractivity contribution in [2.24, 2.45) is 0 Å². The first-order valence-corrected chi connectivity index (χ1v) is 7.55. The van der Waals surface area contributed by atoms with Crippen LogP contribution in [0.3, 0.4) is 0 Å². The summed E-state index contributed by atoms with van der Waals surface area (Å²) >= 11 is 4.96. The maximum atomic E-state index is 11.7. The molecule has 1 aromatic carbocycles. The maximum absolute atomic E-state index is 11.7. The normalized spacial score (nSPS) is 11.6. The van der Waals surface area contributed by atoms with Crippen molar-refractivity contribution in [2.45, 2.75) is 26.3 Å². The van der Waals surface area contributed by atoms with Crippen LogP contribution in [0.5, 0.6) is 0 Å². The summed E-state index contributed by atoms with van der Waals surface area (Å²) in [6.07, 6.45) is 0. The molecule has 0 atom stereocenters. The zero-order valence-corrected chi connectivity index (χ0v) is 13.5. The quantitative estimate of drug-likeness (QED) is 0.899. The van der Waals surface area contributed by atoms with Crippen molar-refractivity contribution < 1.29 is 4.79 Å². The van der Waals surface area contributed by atoms with Crippen molar-refractivity contribution in [3.63, 3.8) is 0 Å². The number of hydrogen-bond donors (Lipinski definition) is 2. The van der Waals surface area contributed by atoms with Crippen molar-refractivity contribution in [3.8, 4) is 0 Å². The van der Waals surface area contributed by atoms with Gasteiger partial charge in [-0.05, 0) is 39.0 Å². The summed E-state index contributed by atoms with van der Waals surface area (Å²) in [7, 11) is 0. The van der Waals surface area contributed by atoms with Crippen LogP contribution in [-0.4, -0.2) is 23.0 Å². The minimum absolute atomic E-state index is 0.0343. The standard InChI is InChI=1S/C13H16BrN3OS/c1-13(2,3)17-11(18)7-15-12-16-9-6-8(14)4-5-10(9)19-12/h4-6H,7H2,1-3H3,(H,15,16)(H,17,18). The number of carbonyl (C=O) groups excluding carboxylic acids is 1. The molecule has 1 amide bonds. The fraction of sp³-hybridized carbons (Fsp3) is 0.385. The highest BCUT2D eigenvalue weighted by atomic mass is 79.9. The first-order valence-electron chi connectivity index (χ1n) is 5.94. The molecular weight excluding hydrogens is 326 g/mol. The van der Waals surface area contributed by atoms with Gasteiger partial charge in [0.05, 0.1) is 16.8 Å². The number of fused-ring (bicyclic) bond motifs is 1. The van der Waals surface area contributed by atoms with Gasteiger partial charge in [0.15, 0.2) is 5.13 Å². The molecule has 102 valence electrons. The van der Waals surface area contributed by atoms with E-state index in [2.05, 4.69) is 31.5 Å². The van der Waals surface area contributed by atoms with Gasteiger partial charge in [0, 0.05) is 10.0 Å². The van der Waals surface area contributed by atoms with Crippen LogP contribution in [0.15, 0.2) is 22.7 Å². The summed E-state index contributed by atoms with van der Waals surface area (Å²) in [4.78, 5) is 16.1. The lowest BCUT2D eigenvalue weighted by Crippen LogP contribution is -2.43. The van der Waals surface area contributed by atoms with Crippen LogP contribution in [0.4, 0.5) is 5.13 Å². The Kier molecular flexibility index (Phi) is 4.10. The lowest BCUT2D eigenvalue weighted by atomic mass is 10.1. The van der Waals surface area contributed by atoms with Gasteiger partial charge in [-0.15, -0.1) is 0 Å². The van der Waals surface area contributed by atoms with Crippen molar-refractivity contribution in [2.75, 3.05) is 11.9 Å². The van der Waals surface area contributed by atoms with E-state index in [9.17, 15) is 4.79 Å². The topological polar surface area (TPSA) is 54.0 Å². The van der Waals surface area contributed by atoms with E-state index in [-0.39, 0.29) is 18.0 Å². The lowest BCUT2D eigenvalue weighted by molar-refractivity contribution is -0.120.